The number of aromatic nitrogens is 4. The van der Waals surface area contributed by atoms with Crippen LogP contribution in [0.4, 0.5) is 11.4 Å². The van der Waals surface area contributed by atoms with Gasteiger partial charge >= 0.3 is 0 Å². The Labute approximate surface area is 184 Å². The van der Waals surface area contributed by atoms with Crippen molar-refractivity contribution in [2.45, 2.75) is 43.8 Å². The molecule has 0 saturated heterocycles. The van der Waals surface area contributed by atoms with Crippen molar-refractivity contribution in [3.63, 3.8) is 0 Å². The molecule has 0 atom stereocenters. The number of benzene rings is 2. The van der Waals surface area contributed by atoms with Crippen molar-refractivity contribution in [2.75, 3.05) is 16.4 Å². The Morgan fingerprint density at radius 2 is 1.90 bits per heavy atom. The molecule has 1 saturated carbocycles. The van der Waals surface area contributed by atoms with Crippen molar-refractivity contribution in [1.82, 2.24) is 20.2 Å². The van der Waals surface area contributed by atoms with Crippen LogP contribution in [0.5, 0.6) is 0 Å². The molecule has 2 aromatic carbocycles. The normalized spacial score (nSPS) is 13.8. The molecule has 0 radical (unpaired) electrons. The highest BCUT2D eigenvalue weighted by Crippen LogP contribution is 2.31. The van der Waals surface area contributed by atoms with E-state index < -0.39 is 0 Å². The van der Waals surface area contributed by atoms with Gasteiger partial charge in [-0.25, -0.2) is 4.68 Å². The zero-order valence-corrected chi connectivity index (χ0v) is 18.1. The highest BCUT2D eigenvalue weighted by Gasteiger charge is 2.22. The Bertz CT molecular complexity index is 1080. The van der Waals surface area contributed by atoms with Crippen LogP contribution in [0, 0.1) is 6.92 Å². The third kappa shape index (κ3) is 5.29. The summed E-state index contributed by atoms with van der Waals surface area (Å²) in [6.07, 6.45) is 4.48. The molecule has 1 aromatic heterocycles. The Morgan fingerprint density at radius 3 is 2.71 bits per heavy atom. The second kappa shape index (κ2) is 9.74. The molecule has 0 aliphatic heterocycles. The van der Waals surface area contributed by atoms with E-state index in [0.29, 0.717) is 28.1 Å². The fourth-order valence-corrected chi connectivity index (χ4v) is 4.43. The first kappa shape index (κ1) is 21.0. The Kier molecular flexibility index (Phi) is 6.61. The van der Waals surface area contributed by atoms with Crippen molar-refractivity contribution in [1.29, 1.82) is 0 Å². The van der Waals surface area contributed by atoms with Gasteiger partial charge in [0.05, 0.1) is 23.0 Å². The third-order valence-electron chi connectivity index (χ3n) is 5.19. The van der Waals surface area contributed by atoms with Crippen LogP contribution in [0.15, 0.2) is 53.7 Å². The summed E-state index contributed by atoms with van der Waals surface area (Å²) in [6.45, 7) is 1.96. The van der Waals surface area contributed by atoms with Crippen molar-refractivity contribution in [3.05, 3.63) is 59.7 Å². The first-order chi connectivity index (χ1) is 15.1. The van der Waals surface area contributed by atoms with E-state index in [1.165, 1.54) is 24.6 Å². The van der Waals surface area contributed by atoms with E-state index in [0.717, 1.165) is 18.4 Å². The second-order valence-corrected chi connectivity index (χ2v) is 8.49. The third-order valence-corrected chi connectivity index (χ3v) is 6.12. The lowest BCUT2D eigenvalue weighted by Crippen LogP contribution is -2.19. The van der Waals surface area contributed by atoms with E-state index in [-0.39, 0.29) is 17.6 Å². The van der Waals surface area contributed by atoms with E-state index in [1.807, 2.05) is 35.9 Å². The highest BCUT2D eigenvalue weighted by molar-refractivity contribution is 7.99. The van der Waals surface area contributed by atoms with E-state index >= 15 is 0 Å². The number of hydrogen-bond donors (Lipinski definition) is 2. The number of carbonyl (C=O) groups excluding carboxylic acids is 2. The molecule has 4 rings (SSSR count). The molecule has 2 amide bonds. The lowest BCUT2D eigenvalue weighted by Gasteiger charge is -2.12. The summed E-state index contributed by atoms with van der Waals surface area (Å²) in [5.74, 6) is -0.345. The zero-order chi connectivity index (χ0) is 21.6. The quantitative estimate of drug-likeness (QED) is 0.541. The van der Waals surface area contributed by atoms with Crippen molar-refractivity contribution >= 4 is 35.0 Å². The fraction of sp³-hybridized carbons (Fsp3) is 0.318. The molecule has 1 aliphatic carbocycles. The average Bonchev–Trinajstić information content (AvgIpc) is 3.44. The maximum atomic E-state index is 12.8. The van der Waals surface area contributed by atoms with Crippen LogP contribution in [-0.2, 0) is 4.79 Å². The van der Waals surface area contributed by atoms with Crippen LogP contribution >= 0.6 is 11.8 Å². The summed E-state index contributed by atoms with van der Waals surface area (Å²) in [6, 6.07) is 14.8. The van der Waals surface area contributed by atoms with E-state index in [2.05, 4.69) is 26.2 Å². The van der Waals surface area contributed by atoms with Crippen molar-refractivity contribution < 1.29 is 9.59 Å². The molecular weight excluding hydrogens is 412 g/mol. The number of anilines is 2. The molecule has 31 heavy (non-hydrogen) atoms. The fourth-order valence-electron chi connectivity index (χ4n) is 3.69. The van der Waals surface area contributed by atoms with E-state index in [1.54, 1.807) is 24.3 Å². The van der Waals surface area contributed by atoms with Gasteiger partial charge in [0.1, 0.15) is 0 Å². The minimum absolute atomic E-state index is 0.154. The maximum absolute atomic E-state index is 12.8. The van der Waals surface area contributed by atoms with Gasteiger partial charge in [-0.1, -0.05) is 48.9 Å². The molecule has 0 bridgehead atoms. The summed E-state index contributed by atoms with van der Waals surface area (Å²) in [5, 5.41) is 18.3. The number of para-hydroxylation sites is 1. The monoisotopic (exact) mass is 436 g/mol. The molecule has 9 heteroatoms. The lowest BCUT2D eigenvalue weighted by molar-refractivity contribution is -0.113. The number of amides is 2. The largest absolute Gasteiger partial charge is 0.325 e. The summed E-state index contributed by atoms with van der Waals surface area (Å²) in [4.78, 5) is 25.3. The number of nitrogens with zero attached hydrogens (tertiary/aromatic N) is 4. The van der Waals surface area contributed by atoms with Gasteiger partial charge in [0.25, 0.3) is 5.91 Å². The molecule has 0 unspecified atom stereocenters. The summed E-state index contributed by atoms with van der Waals surface area (Å²) >= 11 is 1.30. The molecule has 2 N–H and O–H groups in total. The highest BCUT2D eigenvalue weighted by atomic mass is 32.2. The number of hydrogen-bond acceptors (Lipinski definition) is 6. The second-order valence-electron chi connectivity index (χ2n) is 7.55. The molecule has 8 nitrogen and oxygen atoms in total. The predicted octanol–water partition coefficient (Wildman–Crippen LogP) is 4.08. The van der Waals surface area contributed by atoms with Gasteiger partial charge in [-0.05, 0) is 60.0 Å². The van der Waals surface area contributed by atoms with Crippen LogP contribution in [0.1, 0.15) is 47.6 Å². The van der Waals surface area contributed by atoms with Crippen molar-refractivity contribution in [2.24, 2.45) is 0 Å². The molecule has 1 heterocycles. The number of rotatable bonds is 7. The summed E-state index contributed by atoms with van der Waals surface area (Å²) < 4.78 is 1.83. The number of aryl methyl sites for hydroxylation is 1. The number of thioether (sulfide) groups is 1. The van der Waals surface area contributed by atoms with Crippen LogP contribution in [-0.4, -0.2) is 37.8 Å². The summed E-state index contributed by atoms with van der Waals surface area (Å²) in [7, 11) is 0. The Balaban J connectivity index is 1.39. The predicted molar refractivity (Wildman–Crippen MR) is 120 cm³/mol. The zero-order valence-electron chi connectivity index (χ0n) is 17.2. The maximum Gasteiger partial charge on any atom is 0.257 e. The van der Waals surface area contributed by atoms with E-state index in [4.69, 9.17) is 0 Å². The minimum atomic E-state index is -0.278. The standard InChI is InChI=1S/C22H24N6O2S/c1-15-7-6-8-16(13-15)23-21(30)18-11-4-5-12-19(18)24-20(29)14-31-22-25-26-27-28(22)17-9-2-3-10-17/h4-8,11-13,17H,2-3,9-10,14H2,1H3,(H,23,30)(H,24,29). The van der Waals surface area contributed by atoms with Crippen LogP contribution < -0.4 is 10.6 Å². The van der Waals surface area contributed by atoms with Gasteiger partial charge in [0.2, 0.25) is 11.1 Å². The molecule has 0 spiro atoms. The van der Waals surface area contributed by atoms with Crippen LogP contribution in [0.25, 0.3) is 0 Å². The Morgan fingerprint density at radius 1 is 1.10 bits per heavy atom. The molecule has 160 valence electrons. The molecule has 3 aromatic rings. The molecule has 1 fully saturated rings. The SMILES string of the molecule is Cc1cccc(NC(=O)c2ccccc2NC(=O)CSc2nnnn2C2CCCC2)c1. The minimum Gasteiger partial charge on any atom is -0.325 e. The van der Waals surface area contributed by atoms with Crippen LogP contribution in [0.3, 0.4) is 0 Å². The summed E-state index contributed by atoms with van der Waals surface area (Å²) in [5.41, 5.74) is 2.63. The van der Waals surface area contributed by atoms with Gasteiger partial charge < -0.3 is 10.6 Å². The van der Waals surface area contributed by atoms with Gasteiger partial charge in [0, 0.05) is 5.69 Å². The van der Waals surface area contributed by atoms with Gasteiger partial charge in [-0.2, -0.15) is 0 Å². The first-order valence-corrected chi connectivity index (χ1v) is 11.3. The lowest BCUT2D eigenvalue weighted by atomic mass is 10.1. The van der Waals surface area contributed by atoms with Gasteiger partial charge in [-0.3, -0.25) is 9.59 Å². The number of nitrogens with one attached hydrogen (secondary N) is 2. The van der Waals surface area contributed by atoms with E-state index in [9.17, 15) is 9.59 Å². The average molecular weight is 437 g/mol. The Hall–Kier alpha value is -3.20. The number of carbonyl (C=O) groups is 2. The number of tetrazole rings is 1. The smallest absolute Gasteiger partial charge is 0.257 e. The molecule has 1 aliphatic rings. The molecular formula is C22H24N6O2S. The van der Waals surface area contributed by atoms with Crippen LogP contribution in [0.2, 0.25) is 0 Å². The first-order valence-electron chi connectivity index (χ1n) is 10.3. The topological polar surface area (TPSA) is 102 Å². The van der Waals surface area contributed by atoms with Crippen molar-refractivity contribution in [3.8, 4) is 0 Å². The van der Waals surface area contributed by atoms with Gasteiger partial charge in [-0.15, -0.1) is 5.10 Å². The van der Waals surface area contributed by atoms with Gasteiger partial charge in [0.15, 0.2) is 0 Å².